The lowest BCUT2D eigenvalue weighted by Crippen LogP contribution is -2.50. The van der Waals surface area contributed by atoms with Gasteiger partial charge in [-0.25, -0.2) is 0 Å². The molecule has 2 heterocycles. The van der Waals surface area contributed by atoms with Crippen molar-refractivity contribution in [1.82, 2.24) is 10.2 Å². The molecule has 94 valence electrons. The molecular formula is C13H20N2OS. The molecule has 1 aromatic rings. The van der Waals surface area contributed by atoms with Crippen molar-refractivity contribution in [3.8, 4) is 0 Å². The Morgan fingerprint density at radius 3 is 3.00 bits per heavy atom. The first-order valence-corrected chi connectivity index (χ1v) is 7.20. The number of aryl methyl sites for hydroxylation is 1. The molecule has 1 fully saturated rings. The van der Waals surface area contributed by atoms with E-state index < -0.39 is 0 Å². The van der Waals surface area contributed by atoms with Crippen molar-refractivity contribution in [1.29, 1.82) is 0 Å². The monoisotopic (exact) mass is 252 g/mol. The SMILES string of the molecule is CCNC1CCCN(Cc2cscc2C)C1=O. The molecule has 0 aliphatic carbocycles. The van der Waals surface area contributed by atoms with Crippen LogP contribution in [0.15, 0.2) is 10.8 Å². The number of piperidine rings is 1. The predicted molar refractivity (Wildman–Crippen MR) is 71.2 cm³/mol. The van der Waals surface area contributed by atoms with Crippen LogP contribution in [0.25, 0.3) is 0 Å². The van der Waals surface area contributed by atoms with Gasteiger partial charge in [-0.1, -0.05) is 6.92 Å². The molecule has 1 aliphatic heterocycles. The number of likely N-dealkylation sites (N-methyl/N-ethyl adjacent to an activating group) is 1. The molecule has 1 aliphatic rings. The van der Waals surface area contributed by atoms with Gasteiger partial charge in [0.2, 0.25) is 5.91 Å². The van der Waals surface area contributed by atoms with Crippen LogP contribution >= 0.6 is 11.3 Å². The normalized spacial score (nSPS) is 20.9. The summed E-state index contributed by atoms with van der Waals surface area (Å²) in [4.78, 5) is 14.2. The van der Waals surface area contributed by atoms with Crippen LogP contribution in [0.5, 0.6) is 0 Å². The molecule has 3 nitrogen and oxygen atoms in total. The highest BCUT2D eigenvalue weighted by molar-refractivity contribution is 7.08. The minimum Gasteiger partial charge on any atom is -0.337 e. The molecule has 1 aromatic heterocycles. The summed E-state index contributed by atoms with van der Waals surface area (Å²) in [7, 11) is 0. The Hall–Kier alpha value is -0.870. The number of carbonyl (C=O) groups is 1. The zero-order valence-electron chi connectivity index (χ0n) is 10.5. The van der Waals surface area contributed by atoms with Gasteiger partial charge in [0.05, 0.1) is 6.04 Å². The van der Waals surface area contributed by atoms with Crippen LogP contribution in [0.3, 0.4) is 0 Å². The third-order valence-electron chi connectivity index (χ3n) is 3.30. The molecule has 0 saturated carbocycles. The van der Waals surface area contributed by atoms with Crippen LogP contribution in [-0.4, -0.2) is 29.9 Å². The van der Waals surface area contributed by atoms with Gasteiger partial charge < -0.3 is 10.2 Å². The third-order valence-corrected chi connectivity index (χ3v) is 4.21. The van der Waals surface area contributed by atoms with E-state index in [1.54, 1.807) is 11.3 Å². The minimum atomic E-state index is 0.0349. The highest BCUT2D eigenvalue weighted by Crippen LogP contribution is 2.19. The molecule has 1 amide bonds. The van der Waals surface area contributed by atoms with Gasteiger partial charge in [0.15, 0.2) is 0 Å². The van der Waals surface area contributed by atoms with Gasteiger partial charge >= 0.3 is 0 Å². The molecule has 0 bridgehead atoms. The molecule has 0 radical (unpaired) electrons. The maximum atomic E-state index is 12.2. The van der Waals surface area contributed by atoms with E-state index in [2.05, 4.69) is 29.9 Å². The number of hydrogen-bond acceptors (Lipinski definition) is 3. The van der Waals surface area contributed by atoms with Crippen LogP contribution in [0, 0.1) is 6.92 Å². The second kappa shape index (κ2) is 5.65. The lowest BCUT2D eigenvalue weighted by Gasteiger charge is -2.32. The van der Waals surface area contributed by atoms with E-state index in [1.165, 1.54) is 11.1 Å². The summed E-state index contributed by atoms with van der Waals surface area (Å²) in [5.74, 6) is 0.267. The summed E-state index contributed by atoms with van der Waals surface area (Å²) >= 11 is 1.71. The maximum absolute atomic E-state index is 12.2. The van der Waals surface area contributed by atoms with E-state index in [-0.39, 0.29) is 11.9 Å². The van der Waals surface area contributed by atoms with E-state index >= 15 is 0 Å². The summed E-state index contributed by atoms with van der Waals surface area (Å²) in [6.45, 7) is 6.70. The standard InChI is InChI=1S/C13H20N2OS/c1-3-14-12-5-4-6-15(13(12)16)7-11-9-17-8-10(11)2/h8-9,12,14H,3-7H2,1-2H3. The van der Waals surface area contributed by atoms with E-state index in [0.29, 0.717) is 0 Å². The third kappa shape index (κ3) is 2.87. The fourth-order valence-corrected chi connectivity index (χ4v) is 3.14. The van der Waals surface area contributed by atoms with Crippen molar-refractivity contribution in [2.24, 2.45) is 0 Å². The van der Waals surface area contributed by atoms with E-state index in [1.807, 2.05) is 4.90 Å². The molecule has 0 spiro atoms. The highest BCUT2D eigenvalue weighted by atomic mass is 32.1. The summed E-state index contributed by atoms with van der Waals surface area (Å²) in [5, 5.41) is 7.57. The second-order valence-electron chi connectivity index (χ2n) is 4.59. The Morgan fingerprint density at radius 1 is 1.53 bits per heavy atom. The number of nitrogens with zero attached hydrogens (tertiary/aromatic N) is 1. The van der Waals surface area contributed by atoms with E-state index in [4.69, 9.17) is 0 Å². The van der Waals surface area contributed by atoms with E-state index in [0.717, 1.165) is 32.5 Å². The molecule has 1 saturated heterocycles. The van der Waals surface area contributed by atoms with Gasteiger partial charge in [0.1, 0.15) is 0 Å². The molecule has 2 rings (SSSR count). The van der Waals surface area contributed by atoms with Gasteiger partial charge in [0, 0.05) is 13.1 Å². The lowest BCUT2D eigenvalue weighted by atomic mass is 10.0. The van der Waals surface area contributed by atoms with Crippen LogP contribution in [0.2, 0.25) is 0 Å². The number of likely N-dealkylation sites (tertiary alicyclic amines) is 1. The average molecular weight is 252 g/mol. The maximum Gasteiger partial charge on any atom is 0.240 e. The largest absolute Gasteiger partial charge is 0.337 e. The second-order valence-corrected chi connectivity index (χ2v) is 5.34. The van der Waals surface area contributed by atoms with Crippen LogP contribution in [-0.2, 0) is 11.3 Å². The summed E-state index contributed by atoms with van der Waals surface area (Å²) in [5.41, 5.74) is 2.59. The molecule has 1 unspecified atom stereocenters. The van der Waals surface area contributed by atoms with Crippen molar-refractivity contribution in [3.05, 3.63) is 21.9 Å². The minimum absolute atomic E-state index is 0.0349. The van der Waals surface area contributed by atoms with Crippen molar-refractivity contribution in [2.75, 3.05) is 13.1 Å². The lowest BCUT2D eigenvalue weighted by molar-refractivity contribution is -0.136. The van der Waals surface area contributed by atoms with Crippen LogP contribution in [0.4, 0.5) is 0 Å². The number of amides is 1. The quantitative estimate of drug-likeness (QED) is 0.890. The summed E-state index contributed by atoms with van der Waals surface area (Å²) in [6, 6.07) is 0.0349. The fraction of sp³-hybridized carbons (Fsp3) is 0.615. The number of rotatable bonds is 4. The first-order chi connectivity index (χ1) is 8.22. The van der Waals surface area contributed by atoms with Crippen LogP contribution < -0.4 is 5.32 Å². The Balaban J connectivity index is 2.01. The van der Waals surface area contributed by atoms with Gasteiger partial charge in [-0.15, -0.1) is 0 Å². The molecule has 4 heteroatoms. The fourth-order valence-electron chi connectivity index (χ4n) is 2.29. The smallest absolute Gasteiger partial charge is 0.240 e. The Morgan fingerprint density at radius 2 is 2.35 bits per heavy atom. The topological polar surface area (TPSA) is 32.3 Å². The van der Waals surface area contributed by atoms with Gasteiger partial charge in [0.25, 0.3) is 0 Å². The molecule has 17 heavy (non-hydrogen) atoms. The van der Waals surface area contributed by atoms with Crippen molar-refractivity contribution >= 4 is 17.2 Å². The zero-order chi connectivity index (χ0) is 12.3. The van der Waals surface area contributed by atoms with Gasteiger partial charge in [-0.3, -0.25) is 4.79 Å². The van der Waals surface area contributed by atoms with Gasteiger partial charge in [-0.05, 0) is 48.2 Å². The van der Waals surface area contributed by atoms with Gasteiger partial charge in [-0.2, -0.15) is 11.3 Å². The van der Waals surface area contributed by atoms with E-state index in [9.17, 15) is 4.79 Å². The Labute approximate surface area is 107 Å². The molecule has 1 atom stereocenters. The predicted octanol–water partition coefficient (Wildman–Crippen LogP) is 2.16. The average Bonchev–Trinajstić information content (AvgIpc) is 2.70. The van der Waals surface area contributed by atoms with Crippen LogP contribution in [0.1, 0.15) is 30.9 Å². The highest BCUT2D eigenvalue weighted by Gasteiger charge is 2.27. The Kier molecular flexibility index (Phi) is 4.18. The number of carbonyl (C=O) groups excluding carboxylic acids is 1. The Bertz CT molecular complexity index is 387. The number of thiophene rings is 1. The first-order valence-electron chi connectivity index (χ1n) is 6.26. The molecular weight excluding hydrogens is 232 g/mol. The molecule has 1 N–H and O–H groups in total. The zero-order valence-corrected chi connectivity index (χ0v) is 11.3. The first kappa shape index (κ1) is 12.6. The van der Waals surface area contributed by atoms with Crippen molar-refractivity contribution in [2.45, 2.75) is 39.3 Å². The van der Waals surface area contributed by atoms with Crippen molar-refractivity contribution in [3.63, 3.8) is 0 Å². The number of nitrogens with one attached hydrogen (secondary N) is 1. The molecule has 0 aromatic carbocycles. The van der Waals surface area contributed by atoms with Crippen molar-refractivity contribution < 1.29 is 4.79 Å². The number of hydrogen-bond donors (Lipinski definition) is 1. The summed E-state index contributed by atoms with van der Waals surface area (Å²) in [6.07, 6.45) is 2.08. The summed E-state index contributed by atoms with van der Waals surface area (Å²) < 4.78 is 0.